The van der Waals surface area contributed by atoms with Crippen LogP contribution in [0, 0.1) is 5.92 Å². The van der Waals surface area contributed by atoms with Crippen molar-refractivity contribution in [1.29, 1.82) is 0 Å². The molecule has 0 atom stereocenters. The van der Waals surface area contributed by atoms with Gasteiger partial charge in [0, 0.05) is 19.6 Å². The molecule has 0 aliphatic carbocycles. The average Bonchev–Trinajstić information content (AvgIpc) is 2.41. The maximum Gasteiger partial charge on any atom is 0.416 e. The number of alkyl halides is 3. The van der Waals surface area contributed by atoms with E-state index in [9.17, 15) is 13.2 Å². The van der Waals surface area contributed by atoms with Gasteiger partial charge in [-0.15, -0.1) is 0 Å². The molecule has 0 aliphatic rings. The van der Waals surface area contributed by atoms with Crippen LogP contribution in [0.15, 0.2) is 12.1 Å². The minimum atomic E-state index is -4.36. The Morgan fingerprint density at radius 2 is 1.90 bits per heavy atom. The van der Waals surface area contributed by atoms with Crippen molar-refractivity contribution in [1.82, 2.24) is 4.98 Å². The largest absolute Gasteiger partial charge is 0.416 e. The second-order valence-corrected chi connectivity index (χ2v) is 5.46. The molecule has 0 aliphatic heterocycles. The Morgan fingerprint density at radius 3 is 2.38 bits per heavy atom. The molecule has 1 N–H and O–H groups in total. The van der Waals surface area contributed by atoms with Crippen molar-refractivity contribution in [3.8, 4) is 0 Å². The Bertz CT molecular complexity index is 444. The SMILES string of the molecule is CCCNc1cc(C(F)(F)F)cc(N(CC)CC(C)C)n1. The highest BCUT2D eigenvalue weighted by Gasteiger charge is 2.32. The lowest BCUT2D eigenvalue weighted by Gasteiger charge is -2.25. The molecule has 0 saturated heterocycles. The average molecular weight is 303 g/mol. The first kappa shape index (κ1) is 17.6. The highest BCUT2D eigenvalue weighted by Crippen LogP contribution is 2.33. The summed E-state index contributed by atoms with van der Waals surface area (Å²) in [6.07, 6.45) is -3.53. The number of hydrogen-bond acceptors (Lipinski definition) is 3. The van der Waals surface area contributed by atoms with Gasteiger partial charge in [-0.1, -0.05) is 20.8 Å². The lowest BCUT2D eigenvalue weighted by atomic mass is 10.2. The zero-order chi connectivity index (χ0) is 16.0. The van der Waals surface area contributed by atoms with Crippen molar-refractivity contribution in [2.24, 2.45) is 5.92 Å². The first-order chi connectivity index (χ1) is 9.77. The molecule has 1 heterocycles. The van der Waals surface area contributed by atoms with Gasteiger partial charge in [0.25, 0.3) is 0 Å². The number of hydrogen-bond donors (Lipinski definition) is 1. The maximum atomic E-state index is 13.0. The quantitative estimate of drug-likeness (QED) is 0.809. The van der Waals surface area contributed by atoms with Crippen molar-refractivity contribution in [2.45, 2.75) is 40.3 Å². The number of rotatable bonds is 7. The van der Waals surface area contributed by atoms with E-state index >= 15 is 0 Å². The predicted molar refractivity (Wildman–Crippen MR) is 80.7 cm³/mol. The van der Waals surface area contributed by atoms with E-state index in [1.807, 2.05) is 32.6 Å². The third kappa shape index (κ3) is 5.44. The second-order valence-electron chi connectivity index (χ2n) is 5.46. The van der Waals surface area contributed by atoms with Crippen molar-refractivity contribution < 1.29 is 13.2 Å². The van der Waals surface area contributed by atoms with Crippen LogP contribution in [-0.2, 0) is 6.18 Å². The second kappa shape index (κ2) is 7.52. The van der Waals surface area contributed by atoms with Crippen molar-refractivity contribution in [2.75, 3.05) is 29.9 Å². The molecule has 0 radical (unpaired) electrons. The van der Waals surface area contributed by atoms with Crippen molar-refractivity contribution in [3.05, 3.63) is 17.7 Å². The van der Waals surface area contributed by atoms with E-state index in [2.05, 4.69) is 10.3 Å². The fraction of sp³-hybridized carbons (Fsp3) is 0.667. The molecule has 1 aromatic rings. The van der Waals surface area contributed by atoms with Gasteiger partial charge in [-0.05, 0) is 31.4 Å². The smallest absolute Gasteiger partial charge is 0.370 e. The van der Waals surface area contributed by atoms with Crippen LogP contribution in [-0.4, -0.2) is 24.6 Å². The van der Waals surface area contributed by atoms with Gasteiger partial charge < -0.3 is 10.2 Å². The molecular formula is C15H24F3N3. The Balaban J connectivity index is 3.16. The molecule has 0 saturated carbocycles. The van der Waals surface area contributed by atoms with Crippen LogP contribution < -0.4 is 10.2 Å². The molecule has 0 aromatic carbocycles. The Hall–Kier alpha value is -1.46. The summed E-state index contributed by atoms with van der Waals surface area (Å²) in [7, 11) is 0. The van der Waals surface area contributed by atoms with Crippen LogP contribution >= 0.6 is 0 Å². The summed E-state index contributed by atoms with van der Waals surface area (Å²) in [6, 6.07) is 2.20. The summed E-state index contributed by atoms with van der Waals surface area (Å²) < 4.78 is 39.1. The van der Waals surface area contributed by atoms with Crippen LogP contribution in [0.4, 0.5) is 24.8 Å². The Labute approximate surface area is 124 Å². The van der Waals surface area contributed by atoms with E-state index in [0.29, 0.717) is 31.4 Å². The summed E-state index contributed by atoms with van der Waals surface area (Å²) in [5.74, 6) is 1.01. The minimum absolute atomic E-state index is 0.281. The van der Waals surface area contributed by atoms with Crippen LogP contribution in [0.2, 0.25) is 0 Å². The van der Waals surface area contributed by atoms with E-state index < -0.39 is 11.7 Å². The number of halogens is 3. The third-order valence-corrected chi connectivity index (χ3v) is 2.99. The fourth-order valence-electron chi connectivity index (χ4n) is 2.01. The van der Waals surface area contributed by atoms with Crippen LogP contribution in [0.5, 0.6) is 0 Å². The van der Waals surface area contributed by atoms with E-state index in [1.165, 1.54) is 0 Å². The maximum absolute atomic E-state index is 13.0. The van der Waals surface area contributed by atoms with Crippen LogP contribution in [0.3, 0.4) is 0 Å². The van der Waals surface area contributed by atoms with Crippen LogP contribution in [0.25, 0.3) is 0 Å². The molecule has 0 unspecified atom stereocenters. The van der Waals surface area contributed by atoms with Gasteiger partial charge in [-0.25, -0.2) is 4.98 Å². The van der Waals surface area contributed by atoms with E-state index in [0.717, 1.165) is 18.6 Å². The van der Waals surface area contributed by atoms with Crippen LogP contribution in [0.1, 0.15) is 39.7 Å². The molecule has 6 heteroatoms. The van der Waals surface area contributed by atoms with Gasteiger partial charge in [0.2, 0.25) is 0 Å². The molecule has 120 valence electrons. The Morgan fingerprint density at radius 1 is 1.24 bits per heavy atom. The number of pyridine rings is 1. The first-order valence-corrected chi connectivity index (χ1v) is 7.36. The lowest BCUT2D eigenvalue weighted by Crippen LogP contribution is -2.28. The van der Waals surface area contributed by atoms with Gasteiger partial charge in [-0.3, -0.25) is 0 Å². The molecule has 0 spiro atoms. The van der Waals surface area contributed by atoms with Crippen molar-refractivity contribution >= 4 is 11.6 Å². The minimum Gasteiger partial charge on any atom is -0.370 e. The highest BCUT2D eigenvalue weighted by molar-refractivity contribution is 5.51. The lowest BCUT2D eigenvalue weighted by molar-refractivity contribution is -0.137. The Kier molecular flexibility index (Phi) is 6.30. The molecule has 0 bridgehead atoms. The van der Waals surface area contributed by atoms with Gasteiger partial charge in [-0.2, -0.15) is 13.2 Å². The molecule has 0 amide bonds. The number of nitrogens with one attached hydrogen (secondary N) is 1. The summed E-state index contributed by atoms with van der Waals surface area (Å²) in [5, 5.41) is 2.94. The number of aromatic nitrogens is 1. The van der Waals surface area contributed by atoms with E-state index in [1.54, 1.807) is 0 Å². The number of nitrogens with zero attached hydrogens (tertiary/aromatic N) is 2. The van der Waals surface area contributed by atoms with Gasteiger partial charge in [0.15, 0.2) is 0 Å². The topological polar surface area (TPSA) is 28.2 Å². The zero-order valence-corrected chi connectivity index (χ0v) is 13.1. The van der Waals surface area contributed by atoms with Crippen molar-refractivity contribution in [3.63, 3.8) is 0 Å². The molecule has 0 fully saturated rings. The molecule has 21 heavy (non-hydrogen) atoms. The molecule has 1 aromatic heterocycles. The summed E-state index contributed by atoms with van der Waals surface area (Å²) >= 11 is 0. The highest BCUT2D eigenvalue weighted by atomic mass is 19.4. The standard InChI is InChI=1S/C15H24F3N3/c1-5-7-19-13-8-12(15(16,17)18)9-14(20-13)21(6-2)10-11(3)4/h8-9,11H,5-7,10H2,1-4H3,(H,19,20). The fourth-order valence-corrected chi connectivity index (χ4v) is 2.01. The summed E-state index contributed by atoms with van der Waals surface area (Å²) in [6.45, 7) is 9.85. The molecular weight excluding hydrogens is 279 g/mol. The normalized spacial score (nSPS) is 11.8. The molecule has 3 nitrogen and oxygen atoms in total. The van der Waals surface area contributed by atoms with Gasteiger partial charge in [0.05, 0.1) is 5.56 Å². The summed E-state index contributed by atoms with van der Waals surface area (Å²) in [4.78, 5) is 6.20. The van der Waals surface area contributed by atoms with Gasteiger partial charge >= 0.3 is 6.18 Å². The molecule has 1 rings (SSSR count). The monoisotopic (exact) mass is 303 g/mol. The van der Waals surface area contributed by atoms with E-state index in [4.69, 9.17) is 0 Å². The first-order valence-electron chi connectivity index (χ1n) is 7.36. The number of anilines is 2. The predicted octanol–water partition coefficient (Wildman–Crippen LogP) is 4.40. The third-order valence-electron chi connectivity index (χ3n) is 2.99. The zero-order valence-electron chi connectivity index (χ0n) is 13.1. The van der Waals surface area contributed by atoms with E-state index in [-0.39, 0.29) is 5.82 Å². The summed E-state index contributed by atoms with van der Waals surface area (Å²) in [5.41, 5.74) is -0.659. The van der Waals surface area contributed by atoms with Gasteiger partial charge in [0.1, 0.15) is 11.6 Å².